The van der Waals surface area contributed by atoms with E-state index in [-0.39, 0.29) is 5.13 Å². The quantitative estimate of drug-likeness (QED) is 0.0584. The monoisotopic (exact) mass is 652 g/mol. The molecule has 1 amide bonds. The molecule has 1 aromatic heterocycles. The van der Waals surface area contributed by atoms with Gasteiger partial charge in [0.05, 0.1) is 5.56 Å². The molecule has 0 atom stereocenters. The molecule has 0 saturated carbocycles. The Morgan fingerprint density at radius 1 is 0.727 bits per heavy atom. The normalized spacial score (nSPS) is 12.8. The SMILES string of the molecule is Nc1nc(C(O)(O)C(=O)Nc2c(O)c(O)c(C(O)(O)C(O)(O)NC(O)(O)Cc3c(O)c(O)c(O)c(O)c3O)c(O)c2O)cs1. The van der Waals surface area contributed by atoms with Crippen molar-refractivity contribution in [3.8, 4) is 51.7 Å². The Bertz CT molecular complexity index is 1580. The fourth-order valence-electron chi connectivity index (χ4n) is 3.64. The molecule has 3 rings (SSSR count). The number of anilines is 2. The van der Waals surface area contributed by atoms with E-state index in [2.05, 4.69) is 4.98 Å². The maximum Gasteiger partial charge on any atom is 0.291 e. The summed E-state index contributed by atoms with van der Waals surface area (Å²) in [5.41, 5.74) is -0.0293. The average molecular weight is 653 g/mol. The van der Waals surface area contributed by atoms with E-state index >= 15 is 0 Å². The predicted molar refractivity (Wildman–Crippen MR) is 136 cm³/mol. The minimum Gasteiger partial charge on any atom is -0.504 e. The van der Waals surface area contributed by atoms with Crippen LogP contribution in [-0.2, 0) is 22.8 Å². The number of aromatic nitrogens is 1. The molecule has 242 valence electrons. The summed E-state index contributed by atoms with van der Waals surface area (Å²) in [6.45, 7) is 0. The summed E-state index contributed by atoms with van der Waals surface area (Å²) >= 11 is 0.667. The number of thiazole rings is 1. The van der Waals surface area contributed by atoms with Gasteiger partial charge in [-0.25, -0.2) is 10.3 Å². The standard InChI is InChI=1S/C21H24N4O18S/c22-17-23-4(2-44-17)19(38,39)16(35)24-6-11(30)9(28)5(10(29)12(6)31)20(40,41)21(42,43)25-18(36,37)1-3-7(26)13(32)15(34)14(33)8(3)27/h2,25-34,36-43H,1H2,(H2,22,23)(H,24,35). The van der Waals surface area contributed by atoms with Crippen LogP contribution < -0.4 is 16.4 Å². The molecule has 0 aliphatic heterocycles. The van der Waals surface area contributed by atoms with Crippen LogP contribution in [-0.4, -0.2) is 110 Å². The molecule has 3 aromatic rings. The number of amides is 1. The molecule has 0 unspecified atom stereocenters. The van der Waals surface area contributed by atoms with Crippen molar-refractivity contribution in [1.82, 2.24) is 10.3 Å². The maximum absolute atomic E-state index is 12.4. The molecule has 2 aromatic carbocycles. The van der Waals surface area contributed by atoms with Gasteiger partial charge < -0.3 is 97.9 Å². The molecule has 1 heterocycles. The van der Waals surface area contributed by atoms with Gasteiger partial charge in [0.1, 0.15) is 16.9 Å². The number of phenols is 9. The minimum atomic E-state index is -4.62. The Morgan fingerprint density at radius 2 is 1.18 bits per heavy atom. The van der Waals surface area contributed by atoms with Gasteiger partial charge in [-0.15, -0.1) is 11.3 Å². The molecule has 0 radical (unpaired) electrons. The largest absolute Gasteiger partial charge is 0.504 e. The zero-order chi connectivity index (χ0) is 33.9. The van der Waals surface area contributed by atoms with Crippen LogP contribution in [0.2, 0.25) is 0 Å². The van der Waals surface area contributed by atoms with E-state index in [1.54, 1.807) is 0 Å². The summed E-state index contributed by atoms with van der Waals surface area (Å²) in [6.07, 6.45) is -1.68. The smallest absolute Gasteiger partial charge is 0.291 e. The van der Waals surface area contributed by atoms with Crippen molar-refractivity contribution >= 4 is 28.1 Å². The average Bonchev–Trinajstić information content (AvgIpc) is 3.36. The topological polar surface area (TPSA) is 424 Å². The molecule has 21 N–H and O–H groups in total. The van der Waals surface area contributed by atoms with Gasteiger partial charge in [-0.1, -0.05) is 0 Å². The third kappa shape index (κ3) is 5.49. The molecular weight excluding hydrogens is 628 g/mol. The number of hydrogen-bond donors (Lipinski definition) is 20. The fraction of sp³-hybridized carbons (Fsp3) is 0.238. The number of nitrogens with zero attached hydrogens (tertiary/aromatic N) is 1. The van der Waals surface area contributed by atoms with Gasteiger partial charge in [-0.3, -0.25) is 4.79 Å². The van der Waals surface area contributed by atoms with Gasteiger partial charge >= 0.3 is 0 Å². The molecular formula is C21H24N4O18S. The Hall–Kier alpha value is -4.82. The third-order valence-corrected chi connectivity index (χ3v) is 6.61. The number of hydrogen-bond acceptors (Lipinski definition) is 22. The van der Waals surface area contributed by atoms with Crippen molar-refractivity contribution in [2.45, 2.75) is 29.8 Å². The summed E-state index contributed by atoms with van der Waals surface area (Å²) in [4.78, 5) is 15.9. The van der Waals surface area contributed by atoms with Crippen LogP contribution >= 0.6 is 11.3 Å². The third-order valence-electron chi connectivity index (χ3n) is 5.93. The van der Waals surface area contributed by atoms with Crippen LogP contribution in [0.4, 0.5) is 10.8 Å². The summed E-state index contributed by atoms with van der Waals surface area (Å²) in [5, 5.41) is 175. The number of aliphatic hydroxyl groups is 8. The maximum atomic E-state index is 12.4. The van der Waals surface area contributed by atoms with Crippen LogP contribution in [0.5, 0.6) is 51.7 Å². The lowest BCUT2D eigenvalue weighted by molar-refractivity contribution is -0.407. The number of carbonyl (C=O) groups excluding carboxylic acids is 1. The number of benzene rings is 2. The van der Waals surface area contributed by atoms with E-state index < -0.39 is 110 Å². The summed E-state index contributed by atoms with van der Waals surface area (Å²) in [5.74, 6) is -33.5. The molecule has 0 spiro atoms. The van der Waals surface area contributed by atoms with Crippen LogP contribution in [0, 0.1) is 0 Å². The Balaban J connectivity index is 2.00. The van der Waals surface area contributed by atoms with Gasteiger partial charge in [-0.05, 0) is 0 Å². The first kappa shape index (κ1) is 33.7. The first-order valence-corrected chi connectivity index (χ1v) is 12.1. The minimum absolute atomic E-state index is 0.222. The number of nitrogens with two attached hydrogens (primary N) is 1. The van der Waals surface area contributed by atoms with Crippen LogP contribution in [0.3, 0.4) is 0 Å². The van der Waals surface area contributed by atoms with Crippen LogP contribution in [0.25, 0.3) is 0 Å². The number of nitrogen functional groups attached to an aromatic ring is 1. The van der Waals surface area contributed by atoms with E-state index in [1.165, 1.54) is 5.32 Å². The van der Waals surface area contributed by atoms with E-state index in [1.807, 2.05) is 0 Å². The van der Waals surface area contributed by atoms with E-state index in [4.69, 9.17) is 5.73 Å². The number of carbonyl (C=O) groups is 1. The molecule has 44 heavy (non-hydrogen) atoms. The van der Waals surface area contributed by atoms with Gasteiger partial charge in [0.15, 0.2) is 39.6 Å². The summed E-state index contributed by atoms with van der Waals surface area (Å²) in [7, 11) is 0. The predicted octanol–water partition coefficient (Wildman–Crippen LogP) is -4.90. The highest BCUT2D eigenvalue weighted by Crippen LogP contribution is 2.55. The molecule has 22 nitrogen and oxygen atoms in total. The van der Waals surface area contributed by atoms with Crippen molar-refractivity contribution in [2.24, 2.45) is 0 Å². The molecule has 0 aliphatic carbocycles. The molecule has 0 saturated heterocycles. The van der Waals surface area contributed by atoms with Crippen molar-refractivity contribution in [1.29, 1.82) is 0 Å². The second-order valence-electron chi connectivity index (χ2n) is 9.03. The van der Waals surface area contributed by atoms with Crippen LogP contribution in [0.15, 0.2) is 5.38 Å². The Labute approximate surface area is 245 Å². The zero-order valence-electron chi connectivity index (χ0n) is 21.2. The lowest BCUT2D eigenvalue weighted by Crippen LogP contribution is -2.68. The van der Waals surface area contributed by atoms with E-state index in [9.17, 15) is 91.6 Å². The van der Waals surface area contributed by atoms with Gasteiger partial charge in [-0.2, -0.15) is 0 Å². The van der Waals surface area contributed by atoms with Crippen molar-refractivity contribution in [2.75, 3.05) is 11.1 Å². The summed E-state index contributed by atoms with van der Waals surface area (Å²) < 4.78 is 0. The highest BCUT2D eigenvalue weighted by atomic mass is 32.1. The van der Waals surface area contributed by atoms with Gasteiger partial charge in [0, 0.05) is 11.8 Å². The highest BCUT2D eigenvalue weighted by molar-refractivity contribution is 7.13. The number of nitrogens with one attached hydrogen (secondary N) is 2. The zero-order valence-corrected chi connectivity index (χ0v) is 22.0. The Morgan fingerprint density at radius 3 is 1.61 bits per heavy atom. The van der Waals surface area contributed by atoms with Crippen molar-refractivity contribution < 1.29 is 91.6 Å². The fourth-order valence-corrected chi connectivity index (χ4v) is 4.24. The molecule has 0 aliphatic rings. The van der Waals surface area contributed by atoms with E-state index in [0.717, 1.165) is 10.7 Å². The lowest BCUT2D eigenvalue weighted by atomic mass is 9.96. The first-order chi connectivity index (χ1) is 19.9. The lowest BCUT2D eigenvalue weighted by Gasteiger charge is -2.40. The van der Waals surface area contributed by atoms with Gasteiger partial charge in [0.25, 0.3) is 23.4 Å². The van der Waals surface area contributed by atoms with Crippen molar-refractivity contribution in [3.05, 3.63) is 22.2 Å². The molecule has 0 bridgehead atoms. The molecule has 23 heteroatoms. The van der Waals surface area contributed by atoms with Crippen LogP contribution in [0.1, 0.15) is 16.8 Å². The van der Waals surface area contributed by atoms with Gasteiger partial charge in [0.2, 0.25) is 23.2 Å². The number of aromatic hydroxyl groups is 9. The first-order valence-electron chi connectivity index (χ1n) is 11.2. The molecule has 0 fully saturated rings. The second-order valence-corrected chi connectivity index (χ2v) is 9.92. The number of rotatable bonds is 9. The Kier molecular flexibility index (Phi) is 8.20. The van der Waals surface area contributed by atoms with E-state index in [0.29, 0.717) is 11.3 Å². The van der Waals surface area contributed by atoms with Crippen molar-refractivity contribution in [3.63, 3.8) is 0 Å². The summed E-state index contributed by atoms with van der Waals surface area (Å²) in [6, 6.07) is 0. The second kappa shape index (κ2) is 10.7. The highest BCUT2D eigenvalue weighted by Gasteiger charge is 2.57. The number of phenolic OH excluding ortho intramolecular Hbond substituents is 9.